The summed E-state index contributed by atoms with van der Waals surface area (Å²) in [7, 11) is 0. The van der Waals surface area contributed by atoms with Crippen LogP contribution < -0.4 is 0 Å². The topological polar surface area (TPSA) is 37.3 Å². The zero-order chi connectivity index (χ0) is 9.61. The Hall–Kier alpha value is 0.00247. The number of carboxylic acid groups (broad SMARTS) is 1. The largest absolute Gasteiger partial charge is 0.481 e. The number of hydrogen-bond acceptors (Lipinski definition) is 1. The molecule has 0 aliphatic carbocycles. The summed E-state index contributed by atoms with van der Waals surface area (Å²) in [6.07, 6.45) is 4.53. The van der Waals surface area contributed by atoms with Gasteiger partial charge in [0, 0.05) is 23.8 Å². The van der Waals surface area contributed by atoms with Gasteiger partial charge >= 0.3 is 5.97 Å². The molecule has 78 valence electrons. The maximum Gasteiger partial charge on any atom is 0.303 e. The van der Waals surface area contributed by atoms with Crippen LogP contribution in [-0.2, 0) is 22.2 Å². The van der Waals surface area contributed by atoms with Crippen LogP contribution in [0.3, 0.4) is 0 Å². The molecule has 0 amide bonds. The van der Waals surface area contributed by atoms with Crippen molar-refractivity contribution in [1.29, 1.82) is 0 Å². The molecule has 0 heterocycles. The number of aliphatic carboxylic acids is 1. The van der Waals surface area contributed by atoms with Crippen LogP contribution in [0.1, 0.15) is 52.9 Å². The third-order valence-corrected chi connectivity index (χ3v) is 1.82. The third kappa shape index (κ3) is 14.8. The molecule has 3 heteroatoms. The summed E-state index contributed by atoms with van der Waals surface area (Å²) in [5, 5.41) is 8.37. The minimum absolute atomic E-state index is 0. The fourth-order valence-electron chi connectivity index (χ4n) is 1.11. The first-order chi connectivity index (χ1) is 5.42. The number of carbonyl (C=O) groups is 1. The fraction of sp³-hybridized carbons (Fsp3) is 0.900. The molecule has 13 heavy (non-hydrogen) atoms. The van der Waals surface area contributed by atoms with Gasteiger partial charge in [-0.2, -0.15) is 0 Å². The van der Waals surface area contributed by atoms with Crippen molar-refractivity contribution < 1.29 is 27.3 Å². The van der Waals surface area contributed by atoms with E-state index in [1.54, 1.807) is 0 Å². The van der Waals surface area contributed by atoms with Gasteiger partial charge in [-0.25, -0.2) is 0 Å². The molecule has 0 bridgehead atoms. The van der Waals surface area contributed by atoms with Gasteiger partial charge in [0.25, 0.3) is 0 Å². The predicted molar refractivity (Wildman–Crippen MR) is 50.2 cm³/mol. The van der Waals surface area contributed by atoms with Crippen molar-refractivity contribution in [2.75, 3.05) is 0 Å². The van der Waals surface area contributed by atoms with E-state index < -0.39 is 5.97 Å². The van der Waals surface area contributed by atoms with Crippen molar-refractivity contribution in [3.05, 3.63) is 0 Å². The zero-order valence-electron chi connectivity index (χ0n) is 8.80. The SMILES string of the molecule is CC(C)(C)CCCCCC(=O)O.[Cr]. The molecule has 0 aliphatic heterocycles. The molecule has 0 spiro atoms. The number of unbranched alkanes of at least 4 members (excludes halogenated alkanes) is 2. The Labute approximate surface area is 91.9 Å². The van der Waals surface area contributed by atoms with Crippen molar-refractivity contribution in [2.24, 2.45) is 5.41 Å². The van der Waals surface area contributed by atoms with Gasteiger partial charge in [0.15, 0.2) is 0 Å². The first-order valence-corrected chi connectivity index (χ1v) is 4.63. The first-order valence-electron chi connectivity index (χ1n) is 4.63. The molecule has 0 atom stereocenters. The van der Waals surface area contributed by atoms with Gasteiger partial charge in [-0.1, -0.05) is 33.6 Å². The quantitative estimate of drug-likeness (QED) is 0.729. The second kappa shape index (κ2) is 7.41. The minimum atomic E-state index is -0.675. The molecule has 0 aromatic carbocycles. The Morgan fingerprint density at radius 1 is 1.15 bits per heavy atom. The van der Waals surface area contributed by atoms with E-state index in [1.807, 2.05) is 0 Å². The minimum Gasteiger partial charge on any atom is -0.481 e. The molecule has 0 rings (SSSR count). The maximum absolute atomic E-state index is 10.2. The molecule has 0 saturated carbocycles. The molecule has 0 radical (unpaired) electrons. The standard InChI is InChI=1S/C10H20O2.Cr/c1-10(2,3)8-6-4-5-7-9(11)12;/h4-8H2,1-3H3,(H,11,12);. The van der Waals surface area contributed by atoms with Crippen LogP contribution in [0.2, 0.25) is 0 Å². The molecule has 0 aromatic rings. The summed E-state index contributed by atoms with van der Waals surface area (Å²) < 4.78 is 0. The van der Waals surface area contributed by atoms with Gasteiger partial charge < -0.3 is 5.11 Å². The van der Waals surface area contributed by atoms with Gasteiger partial charge in [0.2, 0.25) is 0 Å². The van der Waals surface area contributed by atoms with Crippen LogP contribution in [0.4, 0.5) is 0 Å². The van der Waals surface area contributed by atoms with Crippen molar-refractivity contribution in [3.63, 3.8) is 0 Å². The van der Waals surface area contributed by atoms with Gasteiger partial charge in [-0.05, 0) is 18.3 Å². The maximum atomic E-state index is 10.2. The average molecular weight is 224 g/mol. The molecular formula is C10H20CrO2. The number of rotatable bonds is 5. The van der Waals surface area contributed by atoms with E-state index in [4.69, 9.17) is 5.11 Å². The average Bonchev–Trinajstić information content (AvgIpc) is 1.83. The smallest absolute Gasteiger partial charge is 0.303 e. The summed E-state index contributed by atoms with van der Waals surface area (Å²) >= 11 is 0. The van der Waals surface area contributed by atoms with Crippen molar-refractivity contribution in [3.8, 4) is 0 Å². The van der Waals surface area contributed by atoms with Gasteiger partial charge in [-0.15, -0.1) is 0 Å². The van der Waals surface area contributed by atoms with E-state index in [0.717, 1.165) is 19.3 Å². The van der Waals surface area contributed by atoms with Gasteiger partial charge in [0.05, 0.1) is 0 Å². The summed E-state index contributed by atoms with van der Waals surface area (Å²) in [5.74, 6) is -0.675. The van der Waals surface area contributed by atoms with E-state index in [9.17, 15) is 4.79 Å². The van der Waals surface area contributed by atoms with E-state index in [1.165, 1.54) is 6.42 Å². The Bertz CT molecular complexity index is 138. The molecule has 0 aromatic heterocycles. The molecule has 0 unspecified atom stereocenters. The molecule has 0 saturated heterocycles. The monoisotopic (exact) mass is 224 g/mol. The summed E-state index contributed by atoms with van der Waals surface area (Å²) in [6.45, 7) is 6.64. The first kappa shape index (κ1) is 15.5. The second-order valence-electron chi connectivity index (χ2n) is 4.52. The Morgan fingerprint density at radius 3 is 2.08 bits per heavy atom. The van der Waals surface area contributed by atoms with E-state index in [2.05, 4.69) is 20.8 Å². The Balaban J connectivity index is 0. The number of carboxylic acids is 1. The van der Waals surface area contributed by atoms with Crippen LogP contribution >= 0.6 is 0 Å². The van der Waals surface area contributed by atoms with Crippen molar-refractivity contribution in [1.82, 2.24) is 0 Å². The molecular weight excluding hydrogens is 204 g/mol. The molecule has 1 N–H and O–H groups in total. The van der Waals surface area contributed by atoms with E-state index in [0.29, 0.717) is 11.8 Å². The molecule has 2 nitrogen and oxygen atoms in total. The van der Waals surface area contributed by atoms with Gasteiger partial charge in [0.1, 0.15) is 0 Å². The zero-order valence-corrected chi connectivity index (χ0v) is 10.1. The second-order valence-corrected chi connectivity index (χ2v) is 4.52. The van der Waals surface area contributed by atoms with Crippen molar-refractivity contribution in [2.45, 2.75) is 52.9 Å². The van der Waals surface area contributed by atoms with E-state index >= 15 is 0 Å². The van der Waals surface area contributed by atoms with Crippen LogP contribution in [0, 0.1) is 5.41 Å². The van der Waals surface area contributed by atoms with Crippen molar-refractivity contribution >= 4 is 5.97 Å². The Kier molecular flexibility index (Phi) is 8.82. The van der Waals surface area contributed by atoms with Gasteiger partial charge in [-0.3, -0.25) is 4.79 Å². The normalized spacial score (nSPS) is 10.7. The predicted octanol–water partition coefficient (Wildman–Crippen LogP) is 3.07. The van der Waals surface area contributed by atoms with Crippen LogP contribution in [-0.4, -0.2) is 11.1 Å². The fourth-order valence-corrected chi connectivity index (χ4v) is 1.11. The molecule has 0 fully saturated rings. The van der Waals surface area contributed by atoms with Crippen LogP contribution in [0.15, 0.2) is 0 Å². The third-order valence-electron chi connectivity index (χ3n) is 1.82. The summed E-state index contributed by atoms with van der Waals surface area (Å²) in [6, 6.07) is 0. The summed E-state index contributed by atoms with van der Waals surface area (Å²) in [5.41, 5.74) is 0.392. The summed E-state index contributed by atoms with van der Waals surface area (Å²) in [4.78, 5) is 10.2. The molecule has 0 aliphatic rings. The Morgan fingerprint density at radius 2 is 1.69 bits per heavy atom. The van der Waals surface area contributed by atoms with Crippen LogP contribution in [0.5, 0.6) is 0 Å². The van der Waals surface area contributed by atoms with Crippen LogP contribution in [0.25, 0.3) is 0 Å². The number of hydrogen-bond donors (Lipinski definition) is 1. The van der Waals surface area contributed by atoms with E-state index in [-0.39, 0.29) is 17.4 Å².